The van der Waals surface area contributed by atoms with E-state index in [9.17, 15) is 24.9 Å². The number of benzene rings is 1. The van der Waals surface area contributed by atoms with Gasteiger partial charge in [-0.2, -0.15) is 0 Å². The number of phenolic OH excluding ortho intramolecular Hbond substituents is 2. The van der Waals surface area contributed by atoms with Gasteiger partial charge in [-0.3, -0.25) is 4.79 Å². The van der Waals surface area contributed by atoms with Crippen LogP contribution in [0.2, 0.25) is 0 Å². The second-order valence-electron chi connectivity index (χ2n) is 5.89. The van der Waals surface area contributed by atoms with Crippen molar-refractivity contribution in [3.8, 4) is 11.5 Å². The Morgan fingerprint density at radius 3 is 2.63 bits per heavy atom. The lowest BCUT2D eigenvalue weighted by Crippen LogP contribution is -2.31. The second-order valence-corrected chi connectivity index (χ2v) is 5.89. The van der Waals surface area contributed by atoms with Crippen molar-refractivity contribution >= 4 is 11.9 Å². The summed E-state index contributed by atoms with van der Waals surface area (Å²) >= 11 is 0. The number of ether oxygens (including phenoxy) is 3. The highest BCUT2D eigenvalue weighted by atomic mass is 16.6. The van der Waals surface area contributed by atoms with Gasteiger partial charge < -0.3 is 29.5 Å². The maximum Gasteiger partial charge on any atom is 0.337 e. The number of rotatable bonds is 6. The molecule has 1 heterocycles. The molecule has 3 N–H and O–H groups in total. The van der Waals surface area contributed by atoms with Crippen molar-refractivity contribution in [1.29, 1.82) is 0 Å². The molecule has 0 radical (unpaired) electrons. The number of hydrogen-bond acceptors (Lipinski definition) is 8. The van der Waals surface area contributed by atoms with Crippen LogP contribution < -0.4 is 0 Å². The zero-order valence-electron chi connectivity index (χ0n) is 15.0. The van der Waals surface area contributed by atoms with E-state index < -0.39 is 24.1 Å². The number of aliphatic hydroxyl groups is 1. The van der Waals surface area contributed by atoms with Crippen LogP contribution in [0.25, 0.3) is 0 Å². The van der Waals surface area contributed by atoms with E-state index in [1.807, 2.05) is 0 Å². The Morgan fingerprint density at radius 1 is 1.26 bits per heavy atom. The molecule has 1 aliphatic rings. The van der Waals surface area contributed by atoms with E-state index in [0.717, 1.165) is 6.26 Å². The molecule has 8 nitrogen and oxygen atoms in total. The van der Waals surface area contributed by atoms with Crippen molar-refractivity contribution < 1.29 is 39.1 Å². The molecule has 0 fully saturated rings. The molecule has 27 heavy (non-hydrogen) atoms. The van der Waals surface area contributed by atoms with E-state index >= 15 is 0 Å². The maximum absolute atomic E-state index is 12.2. The monoisotopic (exact) mass is 378 g/mol. The van der Waals surface area contributed by atoms with Gasteiger partial charge in [0, 0.05) is 17.9 Å². The minimum Gasteiger partial charge on any atom is -0.504 e. The topological polar surface area (TPSA) is 123 Å². The average molecular weight is 378 g/mol. The summed E-state index contributed by atoms with van der Waals surface area (Å²) in [5.41, 5.74) is 1.18. The normalized spacial score (nSPS) is 20.6. The highest BCUT2D eigenvalue weighted by molar-refractivity contribution is 5.90. The van der Waals surface area contributed by atoms with Gasteiger partial charge in [-0.1, -0.05) is 12.1 Å². The second kappa shape index (κ2) is 9.09. The van der Waals surface area contributed by atoms with Crippen molar-refractivity contribution in [1.82, 2.24) is 0 Å². The predicted octanol–water partition coefficient (Wildman–Crippen LogP) is 1.54. The lowest BCUT2D eigenvalue weighted by atomic mass is 9.86. The molecule has 2 atom stereocenters. The van der Waals surface area contributed by atoms with Crippen molar-refractivity contribution in [3.05, 3.63) is 47.2 Å². The highest BCUT2D eigenvalue weighted by Gasteiger charge is 2.35. The number of aliphatic hydroxyl groups excluding tert-OH is 1. The Labute approximate surface area is 156 Å². The van der Waals surface area contributed by atoms with Gasteiger partial charge in [-0.05, 0) is 24.6 Å². The van der Waals surface area contributed by atoms with Crippen LogP contribution in [-0.4, -0.2) is 47.3 Å². The van der Waals surface area contributed by atoms with Gasteiger partial charge in [0.25, 0.3) is 0 Å². The summed E-state index contributed by atoms with van der Waals surface area (Å²) in [6.07, 6.45) is 1.60. The zero-order chi connectivity index (χ0) is 20.0. The number of methoxy groups -OCH3 is 1. The van der Waals surface area contributed by atoms with Crippen LogP contribution in [0.5, 0.6) is 11.5 Å². The average Bonchev–Trinajstić information content (AvgIpc) is 2.64. The van der Waals surface area contributed by atoms with E-state index in [0.29, 0.717) is 17.6 Å². The fourth-order valence-electron chi connectivity index (χ4n) is 2.76. The van der Waals surface area contributed by atoms with Crippen molar-refractivity contribution in [2.45, 2.75) is 26.1 Å². The van der Waals surface area contributed by atoms with E-state index in [1.54, 1.807) is 19.1 Å². The van der Waals surface area contributed by atoms with Gasteiger partial charge in [-0.15, -0.1) is 0 Å². The summed E-state index contributed by atoms with van der Waals surface area (Å²) in [4.78, 5) is 24.1. The van der Waals surface area contributed by atoms with Crippen LogP contribution in [-0.2, 0) is 30.2 Å². The summed E-state index contributed by atoms with van der Waals surface area (Å²) in [5.74, 6) is -2.41. The minimum absolute atomic E-state index is 0.0528. The van der Waals surface area contributed by atoms with Gasteiger partial charge in [0.2, 0.25) is 6.29 Å². The van der Waals surface area contributed by atoms with E-state index in [2.05, 4.69) is 0 Å². The molecule has 2 unspecified atom stereocenters. The van der Waals surface area contributed by atoms with Crippen LogP contribution >= 0.6 is 0 Å². The molecule has 0 spiro atoms. The molecular weight excluding hydrogens is 356 g/mol. The summed E-state index contributed by atoms with van der Waals surface area (Å²) in [5, 5.41) is 28.7. The third kappa shape index (κ3) is 5.01. The number of esters is 2. The van der Waals surface area contributed by atoms with Crippen LogP contribution in [0.4, 0.5) is 0 Å². The Hall–Kier alpha value is -3.00. The Kier molecular flexibility index (Phi) is 6.84. The van der Waals surface area contributed by atoms with Crippen LogP contribution in [0.3, 0.4) is 0 Å². The van der Waals surface area contributed by atoms with Gasteiger partial charge in [-0.25, -0.2) is 4.79 Å². The molecule has 0 saturated heterocycles. The molecular formula is C19H22O8. The smallest absolute Gasteiger partial charge is 0.337 e. The lowest BCUT2D eigenvalue weighted by molar-refractivity contribution is -0.145. The zero-order valence-corrected chi connectivity index (χ0v) is 15.0. The first-order valence-electron chi connectivity index (χ1n) is 8.31. The van der Waals surface area contributed by atoms with Crippen molar-refractivity contribution in [3.63, 3.8) is 0 Å². The molecule has 0 amide bonds. The largest absolute Gasteiger partial charge is 0.504 e. The minimum atomic E-state index is -1.25. The summed E-state index contributed by atoms with van der Waals surface area (Å²) in [7, 11) is 1.21. The lowest BCUT2D eigenvalue weighted by Gasteiger charge is -2.28. The number of phenols is 2. The van der Waals surface area contributed by atoms with Gasteiger partial charge in [0.1, 0.15) is 0 Å². The van der Waals surface area contributed by atoms with Gasteiger partial charge in [0.15, 0.2) is 11.5 Å². The Balaban J connectivity index is 1.99. The van der Waals surface area contributed by atoms with E-state index in [1.165, 1.54) is 19.2 Å². The summed E-state index contributed by atoms with van der Waals surface area (Å²) in [6.45, 7) is 1.72. The van der Waals surface area contributed by atoms with Gasteiger partial charge in [0.05, 0.1) is 32.0 Å². The fourth-order valence-corrected chi connectivity index (χ4v) is 2.76. The molecule has 2 rings (SSSR count). The van der Waals surface area contributed by atoms with E-state index in [-0.39, 0.29) is 30.1 Å². The number of aromatic hydroxyl groups is 2. The third-order valence-electron chi connectivity index (χ3n) is 4.21. The summed E-state index contributed by atoms with van der Waals surface area (Å²) < 4.78 is 14.9. The number of hydrogen-bond donors (Lipinski definition) is 3. The first-order valence-corrected chi connectivity index (χ1v) is 8.31. The van der Waals surface area contributed by atoms with Crippen LogP contribution in [0.1, 0.15) is 18.9 Å². The molecule has 0 aromatic heterocycles. The molecule has 1 aromatic carbocycles. The SMILES string of the molecule is C/C=C1/C(O)OC=C(C(=O)OC)C1CC(=O)OCCc1ccc(O)c(O)c1. The Bertz CT molecular complexity index is 765. The molecule has 1 aliphatic heterocycles. The molecule has 0 bridgehead atoms. The fraction of sp³-hybridized carbons (Fsp3) is 0.368. The van der Waals surface area contributed by atoms with Crippen molar-refractivity contribution in [2.75, 3.05) is 13.7 Å². The number of allylic oxidation sites excluding steroid dienone is 1. The van der Waals surface area contributed by atoms with Gasteiger partial charge >= 0.3 is 11.9 Å². The molecule has 0 aliphatic carbocycles. The molecule has 146 valence electrons. The number of carbonyl (C=O) groups excluding carboxylic acids is 2. The van der Waals surface area contributed by atoms with Crippen LogP contribution in [0, 0.1) is 5.92 Å². The molecule has 8 heteroatoms. The molecule has 0 saturated carbocycles. The highest BCUT2D eigenvalue weighted by Crippen LogP contribution is 2.33. The van der Waals surface area contributed by atoms with E-state index in [4.69, 9.17) is 14.2 Å². The predicted molar refractivity (Wildman–Crippen MR) is 93.5 cm³/mol. The first-order chi connectivity index (χ1) is 12.9. The van der Waals surface area contributed by atoms with Crippen LogP contribution in [0.15, 0.2) is 41.7 Å². The van der Waals surface area contributed by atoms with Crippen molar-refractivity contribution in [2.24, 2.45) is 5.92 Å². The molecule has 1 aromatic rings. The maximum atomic E-state index is 12.2. The quantitative estimate of drug-likeness (QED) is 0.387. The third-order valence-corrected chi connectivity index (χ3v) is 4.21. The first kappa shape index (κ1) is 20.3. The standard InChI is InChI=1S/C19H22O8/c1-3-12-13(14(18(23)25-2)10-27-19(12)24)9-17(22)26-7-6-11-4-5-15(20)16(21)8-11/h3-5,8,10,13,19-21,24H,6-7,9H2,1-2H3/b12-3+. The number of carbonyl (C=O) groups is 2. The summed E-state index contributed by atoms with van der Waals surface area (Å²) in [6, 6.07) is 4.34. The Morgan fingerprint density at radius 2 is 2.00 bits per heavy atom.